The number of piperidine rings is 1. The number of anilines is 1. The first-order valence-electron chi connectivity index (χ1n) is 8.69. The predicted octanol–water partition coefficient (Wildman–Crippen LogP) is 2.93. The average Bonchev–Trinajstić information content (AvgIpc) is 2.62. The maximum Gasteiger partial charge on any atom is 0.265 e. The van der Waals surface area contributed by atoms with Gasteiger partial charge < -0.3 is 0 Å². The van der Waals surface area contributed by atoms with E-state index in [-0.39, 0.29) is 10.8 Å². The zero-order valence-corrected chi connectivity index (χ0v) is 15.6. The molecule has 1 amide bonds. The molecule has 7 heteroatoms. The molecule has 3 rings (SSSR count). The average molecular weight is 373 g/mol. The second kappa shape index (κ2) is 7.88. The van der Waals surface area contributed by atoms with Crippen molar-refractivity contribution in [2.45, 2.75) is 31.1 Å². The van der Waals surface area contributed by atoms with Crippen LogP contribution >= 0.6 is 0 Å². The number of amides is 1. The van der Waals surface area contributed by atoms with Crippen molar-refractivity contribution in [2.24, 2.45) is 0 Å². The number of sulfonamides is 1. The molecule has 0 aromatic heterocycles. The van der Waals surface area contributed by atoms with Crippen LogP contribution < -0.4 is 10.1 Å². The largest absolute Gasteiger partial charge is 0.285 e. The van der Waals surface area contributed by atoms with Crippen molar-refractivity contribution in [1.82, 2.24) is 10.4 Å². The maximum atomic E-state index is 12.6. The first kappa shape index (κ1) is 18.4. The number of hydrogen-bond donors (Lipinski definition) is 2. The van der Waals surface area contributed by atoms with Crippen molar-refractivity contribution < 1.29 is 13.2 Å². The summed E-state index contributed by atoms with van der Waals surface area (Å²) in [5.74, 6) is -0.292. The minimum absolute atomic E-state index is 0.0605. The van der Waals surface area contributed by atoms with Crippen LogP contribution in [0.1, 0.15) is 35.2 Å². The highest BCUT2D eigenvalue weighted by Gasteiger charge is 2.18. The molecular weight excluding hydrogens is 350 g/mol. The van der Waals surface area contributed by atoms with Crippen LogP contribution in [0.25, 0.3) is 0 Å². The van der Waals surface area contributed by atoms with Gasteiger partial charge in [0.1, 0.15) is 0 Å². The molecule has 0 saturated carbocycles. The summed E-state index contributed by atoms with van der Waals surface area (Å²) in [4.78, 5) is 12.5. The smallest absolute Gasteiger partial charge is 0.265 e. The third-order valence-electron chi connectivity index (χ3n) is 4.29. The zero-order valence-electron chi connectivity index (χ0n) is 14.7. The molecule has 0 aliphatic carbocycles. The second-order valence-electron chi connectivity index (χ2n) is 6.49. The van der Waals surface area contributed by atoms with E-state index in [9.17, 15) is 13.2 Å². The Labute approximate surface area is 154 Å². The van der Waals surface area contributed by atoms with Crippen molar-refractivity contribution in [3.8, 4) is 0 Å². The topological polar surface area (TPSA) is 78.5 Å². The number of nitrogens with one attached hydrogen (secondary N) is 2. The number of hydrazine groups is 1. The molecule has 1 fully saturated rings. The van der Waals surface area contributed by atoms with Crippen LogP contribution in [-0.4, -0.2) is 32.4 Å². The number of nitrogens with zero attached hydrogens (tertiary/aromatic N) is 1. The molecule has 138 valence electrons. The monoisotopic (exact) mass is 373 g/mol. The van der Waals surface area contributed by atoms with Crippen molar-refractivity contribution in [1.29, 1.82) is 0 Å². The van der Waals surface area contributed by atoms with Gasteiger partial charge in [-0.25, -0.2) is 13.4 Å². The summed E-state index contributed by atoms with van der Waals surface area (Å²) in [5.41, 5.74) is 4.62. The van der Waals surface area contributed by atoms with Crippen molar-refractivity contribution in [3.05, 3.63) is 59.7 Å². The van der Waals surface area contributed by atoms with Crippen molar-refractivity contribution >= 4 is 21.6 Å². The fourth-order valence-corrected chi connectivity index (χ4v) is 4.04. The molecule has 0 unspecified atom stereocenters. The Kier molecular flexibility index (Phi) is 5.58. The Bertz CT molecular complexity index is 890. The zero-order chi connectivity index (χ0) is 18.6. The maximum absolute atomic E-state index is 12.6. The molecule has 0 atom stereocenters. The predicted molar refractivity (Wildman–Crippen MR) is 101 cm³/mol. The highest BCUT2D eigenvalue weighted by Crippen LogP contribution is 2.18. The van der Waals surface area contributed by atoms with Gasteiger partial charge in [0.15, 0.2) is 0 Å². The summed E-state index contributed by atoms with van der Waals surface area (Å²) in [7, 11) is -3.76. The summed E-state index contributed by atoms with van der Waals surface area (Å²) in [6, 6.07) is 13.2. The standard InChI is InChI=1S/C19H23N3O3S/c1-15-7-5-9-17(13-15)21-26(24,25)18-10-6-8-16(14-18)19(23)20-22-11-3-2-4-12-22/h5-10,13-14,21H,2-4,11-12H2,1H3,(H,20,23). The van der Waals surface area contributed by atoms with E-state index in [1.165, 1.54) is 18.6 Å². The van der Waals surface area contributed by atoms with Crippen LogP contribution in [0.2, 0.25) is 0 Å². The molecular formula is C19H23N3O3S. The van der Waals surface area contributed by atoms with Crippen molar-refractivity contribution in [2.75, 3.05) is 17.8 Å². The third kappa shape index (κ3) is 4.62. The lowest BCUT2D eigenvalue weighted by Gasteiger charge is -2.26. The summed E-state index contributed by atoms with van der Waals surface area (Å²) in [5, 5.41) is 1.89. The van der Waals surface area contributed by atoms with Crippen LogP contribution in [0.5, 0.6) is 0 Å². The quantitative estimate of drug-likeness (QED) is 0.845. The van der Waals surface area contributed by atoms with E-state index in [2.05, 4.69) is 10.1 Å². The first-order valence-corrected chi connectivity index (χ1v) is 10.2. The van der Waals surface area contributed by atoms with Crippen LogP contribution in [0, 0.1) is 6.92 Å². The van der Waals surface area contributed by atoms with E-state index in [0.29, 0.717) is 11.3 Å². The van der Waals surface area contributed by atoms with Crippen LogP contribution in [0.15, 0.2) is 53.4 Å². The molecule has 1 aliphatic rings. The molecule has 0 spiro atoms. The lowest BCUT2D eigenvalue weighted by atomic mass is 10.1. The fraction of sp³-hybridized carbons (Fsp3) is 0.316. The van der Waals surface area contributed by atoms with Gasteiger partial charge in [-0.05, 0) is 55.7 Å². The molecule has 26 heavy (non-hydrogen) atoms. The van der Waals surface area contributed by atoms with E-state index in [0.717, 1.165) is 31.5 Å². The van der Waals surface area contributed by atoms with Crippen LogP contribution in [0.3, 0.4) is 0 Å². The van der Waals surface area contributed by atoms with Gasteiger partial charge in [-0.1, -0.05) is 24.6 Å². The van der Waals surface area contributed by atoms with Gasteiger partial charge in [0, 0.05) is 24.3 Å². The Morgan fingerprint density at radius 2 is 1.73 bits per heavy atom. The van der Waals surface area contributed by atoms with E-state index in [1.807, 2.05) is 18.0 Å². The number of aryl methyl sites for hydroxylation is 1. The van der Waals surface area contributed by atoms with Gasteiger partial charge in [0.25, 0.3) is 15.9 Å². The summed E-state index contributed by atoms with van der Waals surface area (Å²) in [6.45, 7) is 3.53. The lowest BCUT2D eigenvalue weighted by Crippen LogP contribution is -2.45. The number of hydrogen-bond acceptors (Lipinski definition) is 4. The highest BCUT2D eigenvalue weighted by molar-refractivity contribution is 7.92. The highest BCUT2D eigenvalue weighted by atomic mass is 32.2. The normalized spacial score (nSPS) is 15.4. The van der Waals surface area contributed by atoms with E-state index in [1.54, 1.807) is 30.3 Å². The Hall–Kier alpha value is -2.38. The van der Waals surface area contributed by atoms with Gasteiger partial charge in [0.05, 0.1) is 4.90 Å². The van der Waals surface area contributed by atoms with Gasteiger partial charge in [-0.3, -0.25) is 14.9 Å². The van der Waals surface area contributed by atoms with E-state index in [4.69, 9.17) is 0 Å². The number of carbonyl (C=O) groups excluding carboxylic acids is 1. The minimum Gasteiger partial charge on any atom is -0.285 e. The van der Waals surface area contributed by atoms with Crippen LogP contribution in [0.4, 0.5) is 5.69 Å². The SMILES string of the molecule is Cc1cccc(NS(=O)(=O)c2cccc(C(=O)NN3CCCCC3)c2)c1. The molecule has 1 saturated heterocycles. The van der Waals surface area contributed by atoms with Gasteiger partial charge in [0.2, 0.25) is 0 Å². The molecule has 1 aliphatic heterocycles. The summed E-state index contributed by atoms with van der Waals surface area (Å²) in [6.07, 6.45) is 3.27. The molecule has 2 aromatic carbocycles. The number of rotatable bonds is 5. The molecule has 0 radical (unpaired) electrons. The van der Waals surface area contributed by atoms with Crippen LogP contribution in [-0.2, 0) is 10.0 Å². The molecule has 6 nitrogen and oxygen atoms in total. The minimum atomic E-state index is -3.76. The number of benzene rings is 2. The first-order chi connectivity index (χ1) is 12.4. The third-order valence-corrected chi connectivity index (χ3v) is 5.67. The summed E-state index contributed by atoms with van der Waals surface area (Å²) < 4.78 is 27.8. The fourth-order valence-electron chi connectivity index (χ4n) is 2.94. The Balaban J connectivity index is 1.76. The van der Waals surface area contributed by atoms with E-state index < -0.39 is 10.0 Å². The molecule has 1 heterocycles. The molecule has 0 bridgehead atoms. The Morgan fingerprint density at radius 3 is 2.46 bits per heavy atom. The van der Waals surface area contributed by atoms with Gasteiger partial charge >= 0.3 is 0 Å². The van der Waals surface area contributed by atoms with Gasteiger partial charge in [-0.15, -0.1) is 0 Å². The molecule has 2 N–H and O–H groups in total. The second-order valence-corrected chi connectivity index (χ2v) is 8.17. The number of carbonyl (C=O) groups is 1. The van der Waals surface area contributed by atoms with Gasteiger partial charge in [-0.2, -0.15) is 0 Å². The van der Waals surface area contributed by atoms with E-state index >= 15 is 0 Å². The molecule has 2 aromatic rings. The van der Waals surface area contributed by atoms with Crippen molar-refractivity contribution in [3.63, 3.8) is 0 Å². The Morgan fingerprint density at radius 1 is 1.00 bits per heavy atom. The summed E-state index contributed by atoms with van der Waals surface area (Å²) >= 11 is 0. The lowest BCUT2D eigenvalue weighted by molar-refractivity contribution is 0.0750.